The molecule has 0 aliphatic carbocycles. The fraction of sp³-hybridized carbons (Fsp3) is 0.312. The van der Waals surface area contributed by atoms with E-state index in [9.17, 15) is 14.4 Å². The molecule has 1 aromatic rings. The van der Waals surface area contributed by atoms with Crippen LogP contribution in [-0.4, -0.2) is 37.0 Å². The van der Waals surface area contributed by atoms with Gasteiger partial charge in [-0.25, -0.2) is 4.79 Å². The summed E-state index contributed by atoms with van der Waals surface area (Å²) in [4.78, 5) is 34.6. The van der Waals surface area contributed by atoms with E-state index in [-0.39, 0.29) is 5.91 Å². The van der Waals surface area contributed by atoms with Gasteiger partial charge < -0.3 is 15.4 Å². The van der Waals surface area contributed by atoms with Gasteiger partial charge in [-0.15, -0.1) is 0 Å². The molecule has 0 fully saturated rings. The molecule has 0 saturated carbocycles. The number of rotatable bonds is 7. The van der Waals surface area contributed by atoms with Gasteiger partial charge in [-0.2, -0.15) is 0 Å². The third kappa shape index (κ3) is 7.10. The van der Waals surface area contributed by atoms with Gasteiger partial charge in [0.1, 0.15) is 6.04 Å². The van der Waals surface area contributed by atoms with E-state index in [4.69, 9.17) is 4.74 Å². The maximum Gasteiger partial charge on any atom is 0.331 e. The summed E-state index contributed by atoms with van der Waals surface area (Å²) >= 11 is 3.36. The normalized spacial score (nSPS) is 11.8. The summed E-state index contributed by atoms with van der Waals surface area (Å²) in [5, 5.41) is 5.03. The average molecular weight is 383 g/mol. The van der Waals surface area contributed by atoms with E-state index in [1.165, 1.54) is 6.08 Å². The monoisotopic (exact) mass is 382 g/mol. The first kappa shape index (κ1) is 18.9. The maximum atomic E-state index is 11.6. The number of carbonyl (C=O) groups is 3. The Morgan fingerprint density at radius 3 is 2.65 bits per heavy atom. The molecule has 0 heterocycles. The van der Waals surface area contributed by atoms with Gasteiger partial charge in [0.25, 0.3) is 5.91 Å². The third-order valence-corrected chi connectivity index (χ3v) is 3.49. The van der Waals surface area contributed by atoms with E-state index in [1.54, 1.807) is 19.9 Å². The van der Waals surface area contributed by atoms with Gasteiger partial charge >= 0.3 is 5.97 Å². The van der Waals surface area contributed by atoms with Gasteiger partial charge in [0.05, 0.1) is 0 Å². The third-order valence-electron chi connectivity index (χ3n) is 2.77. The highest BCUT2D eigenvalue weighted by molar-refractivity contribution is 9.10. The standard InChI is InChI=1S/C16H19BrN2O4/c1-3-18-16(22)11(2)19-14(20)10-23-15(21)9-8-12-6-4-5-7-13(12)17/h4-9,11H,3,10H2,1-2H3,(H,18,22)(H,19,20)/b9-8+/t11-/m0/s1. The van der Waals surface area contributed by atoms with Gasteiger partial charge in [-0.05, 0) is 31.6 Å². The molecule has 1 atom stereocenters. The number of likely N-dealkylation sites (N-methyl/N-ethyl adjacent to an activating group) is 1. The van der Waals surface area contributed by atoms with Crippen molar-refractivity contribution in [1.82, 2.24) is 10.6 Å². The lowest BCUT2D eigenvalue weighted by Crippen LogP contribution is -2.46. The van der Waals surface area contributed by atoms with E-state index < -0.39 is 24.5 Å². The van der Waals surface area contributed by atoms with E-state index in [2.05, 4.69) is 26.6 Å². The quantitative estimate of drug-likeness (QED) is 0.554. The van der Waals surface area contributed by atoms with Crippen molar-refractivity contribution in [3.63, 3.8) is 0 Å². The van der Waals surface area contributed by atoms with Crippen LogP contribution in [-0.2, 0) is 19.1 Å². The number of esters is 1. The number of hydrogen-bond donors (Lipinski definition) is 2. The minimum Gasteiger partial charge on any atom is -0.452 e. The number of carbonyl (C=O) groups excluding carboxylic acids is 3. The first-order valence-electron chi connectivity index (χ1n) is 7.10. The fourth-order valence-corrected chi connectivity index (χ4v) is 2.05. The Bertz CT molecular complexity index is 601. The zero-order valence-electron chi connectivity index (χ0n) is 13.0. The van der Waals surface area contributed by atoms with E-state index in [0.29, 0.717) is 6.54 Å². The summed E-state index contributed by atoms with van der Waals surface area (Å²) < 4.78 is 5.67. The Kier molecular flexibility index (Phi) is 8.04. The van der Waals surface area contributed by atoms with Crippen LogP contribution in [0.2, 0.25) is 0 Å². The highest BCUT2D eigenvalue weighted by Crippen LogP contribution is 2.16. The molecular weight excluding hydrogens is 364 g/mol. The largest absolute Gasteiger partial charge is 0.452 e. The topological polar surface area (TPSA) is 84.5 Å². The molecule has 0 aromatic heterocycles. The lowest BCUT2D eigenvalue weighted by molar-refractivity contribution is -0.144. The number of nitrogens with one attached hydrogen (secondary N) is 2. The summed E-state index contributed by atoms with van der Waals surface area (Å²) in [6.45, 7) is 3.37. The summed E-state index contributed by atoms with van der Waals surface area (Å²) in [6, 6.07) is 6.69. The Morgan fingerprint density at radius 1 is 1.30 bits per heavy atom. The molecule has 7 heteroatoms. The highest BCUT2D eigenvalue weighted by Gasteiger charge is 2.15. The molecule has 0 radical (unpaired) electrons. The highest BCUT2D eigenvalue weighted by atomic mass is 79.9. The summed E-state index contributed by atoms with van der Waals surface area (Å²) in [7, 11) is 0. The molecule has 1 rings (SSSR count). The Hall–Kier alpha value is -2.15. The molecule has 23 heavy (non-hydrogen) atoms. The second-order valence-corrected chi connectivity index (χ2v) is 5.50. The zero-order valence-corrected chi connectivity index (χ0v) is 14.6. The van der Waals surface area contributed by atoms with Crippen LogP contribution in [0, 0.1) is 0 Å². The molecule has 0 spiro atoms. The Morgan fingerprint density at radius 2 is 2.00 bits per heavy atom. The molecule has 0 aliphatic rings. The molecule has 0 bridgehead atoms. The molecule has 0 saturated heterocycles. The lowest BCUT2D eigenvalue weighted by atomic mass is 10.2. The van der Waals surface area contributed by atoms with Crippen LogP contribution in [0.5, 0.6) is 0 Å². The SMILES string of the molecule is CCNC(=O)[C@H](C)NC(=O)COC(=O)/C=C/c1ccccc1Br. The van der Waals surface area contributed by atoms with Crippen molar-refractivity contribution in [3.05, 3.63) is 40.4 Å². The second kappa shape index (κ2) is 9.78. The van der Waals surface area contributed by atoms with Gasteiger partial charge in [-0.3, -0.25) is 9.59 Å². The Balaban J connectivity index is 2.40. The minimum absolute atomic E-state index is 0.291. The first-order chi connectivity index (χ1) is 10.9. The van der Waals surface area contributed by atoms with Gasteiger partial charge in [-0.1, -0.05) is 34.1 Å². The molecule has 0 aliphatic heterocycles. The van der Waals surface area contributed by atoms with E-state index in [1.807, 2.05) is 24.3 Å². The summed E-state index contributed by atoms with van der Waals surface area (Å²) in [5.41, 5.74) is 0.818. The first-order valence-corrected chi connectivity index (χ1v) is 7.89. The van der Waals surface area contributed by atoms with E-state index >= 15 is 0 Å². The lowest BCUT2D eigenvalue weighted by Gasteiger charge is -2.12. The Labute approximate surface area is 143 Å². The molecule has 6 nitrogen and oxygen atoms in total. The van der Waals surface area contributed by atoms with Gasteiger partial charge in [0.15, 0.2) is 6.61 Å². The minimum atomic E-state index is -0.683. The molecule has 0 unspecified atom stereocenters. The molecule has 124 valence electrons. The maximum absolute atomic E-state index is 11.6. The summed E-state index contributed by atoms with van der Waals surface area (Å²) in [6.07, 6.45) is 2.82. The van der Waals surface area contributed by atoms with Crippen LogP contribution in [0.15, 0.2) is 34.8 Å². The smallest absolute Gasteiger partial charge is 0.331 e. The van der Waals surface area contributed by atoms with Crippen molar-refractivity contribution < 1.29 is 19.1 Å². The molecule has 1 aromatic carbocycles. The van der Waals surface area contributed by atoms with Crippen LogP contribution >= 0.6 is 15.9 Å². The molecule has 2 N–H and O–H groups in total. The zero-order chi connectivity index (χ0) is 17.2. The second-order valence-electron chi connectivity index (χ2n) is 4.65. The van der Waals surface area contributed by atoms with Crippen molar-refractivity contribution in [3.8, 4) is 0 Å². The van der Waals surface area contributed by atoms with Crippen molar-refractivity contribution in [2.45, 2.75) is 19.9 Å². The van der Waals surface area contributed by atoms with Crippen molar-refractivity contribution in [2.24, 2.45) is 0 Å². The van der Waals surface area contributed by atoms with Crippen molar-refractivity contribution >= 4 is 39.8 Å². The van der Waals surface area contributed by atoms with Gasteiger partial charge in [0, 0.05) is 17.1 Å². The molecular formula is C16H19BrN2O4. The van der Waals surface area contributed by atoms with Crippen LogP contribution in [0.3, 0.4) is 0 Å². The number of benzene rings is 1. The van der Waals surface area contributed by atoms with Gasteiger partial charge in [0.2, 0.25) is 5.91 Å². The number of ether oxygens (including phenoxy) is 1. The van der Waals surface area contributed by atoms with Crippen LogP contribution < -0.4 is 10.6 Å². The van der Waals surface area contributed by atoms with E-state index in [0.717, 1.165) is 10.0 Å². The number of halogens is 1. The van der Waals surface area contributed by atoms with Crippen LogP contribution in [0.25, 0.3) is 6.08 Å². The molecule has 2 amide bonds. The van der Waals surface area contributed by atoms with Crippen molar-refractivity contribution in [1.29, 1.82) is 0 Å². The van der Waals surface area contributed by atoms with Crippen molar-refractivity contribution in [2.75, 3.05) is 13.2 Å². The predicted octanol–water partition coefficient (Wildman–Crippen LogP) is 1.65. The van der Waals surface area contributed by atoms with Crippen LogP contribution in [0.1, 0.15) is 19.4 Å². The fourth-order valence-electron chi connectivity index (χ4n) is 1.63. The average Bonchev–Trinajstić information content (AvgIpc) is 2.52. The van der Waals surface area contributed by atoms with Crippen LogP contribution in [0.4, 0.5) is 0 Å². The number of hydrogen-bond acceptors (Lipinski definition) is 4. The predicted molar refractivity (Wildman–Crippen MR) is 90.4 cm³/mol. The number of amides is 2. The summed E-state index contributed by atoms with van der Waals surface area (Å²) in [5.74, 6) is -1.46.